The van der Waals surface area contributed by atoms with Crippen LogP contribution >= 0.6 is 0 Å². The molecule has 29 heavy (non-hydrogen) atoms. The molecule has 8 nitrogen and oxygen atoms in total. The minimum absolute atomic E-state index is 0.313. The number of rotatable bonds is 8. The van der Waals surface area contributed by atoms with Crippen LogP contribution in [0.15, 0.2) is 42.5 Å². The number of sulfonamides is 1. The third-order valence-corrected chi connectivity index (χ3v) is 5.59. The highest BCUT2D eigenvalue weighted by atomic mass is 32.2. The van der Waals surface area contributed by atoms with Crippen LogP contribution in [0, 0.1) is 6.92 Å². The van der Waals surface area contributed by atoms with E-state index in [0.717, 1.165) is 10.6 Å². The van der Waals surface area contributed by atoms with Gasteiger partial charge in [-0.2, -0.15) is 0 Å². The summed E-state index contributed by atoms with van der Waals surface area (Å²) in [5.74, 6) is -0.774. The number of carbonyl (C=O) groups is 2. The summed E-state index contributed by atoms with van der Waals surface area (Å²) in [6, 6.07) is 11.5. The molecule has 0 aliphatic carbocycles. The van der Waals surface area contributed by atoms with Crippen molar-refractivity contribution in [2.75, 3.05) is 43.2 Å². The van der Waals surface area contributed by atoms with Crippen molar-refractivity contribution in [2.24, 2.45) is 0 Å². The molecule has 2 aromatic rings. The van der Waals surface area contributed by atoms with Crippen LogP contribution < -0.4 is 14.9 Å². The first-order chi connectivity index (χ1) is 13.7. The highest BCUT2D eigenvalue weighted by Gasteiger charge is 2.20. The summed E-state index contributed by atoms with van der Waals surface area (Å²) in [6.45, 7) is 2.39. The second-order valence-electron chi connectivity index (χ2n) is 6.43. The fourth-order valence-corrected chi connectivity index (χ4v) is 3.29. The first-order valence-corrected chi connectivity index (χ1v) is 10.7. The zero-order valence-electron chi connectivity index (χ0n) is 16.9. The van der Waals surface area contributed by atoms with E-state index in [2.05, 4.69) is 10.6 Å². The van der Waals surface area contributed by atoms with Crippen LogP contribution in [0.5, 0.6) is 0 Å². The topological polar surface area (TPSA) is 105 Å². The Morgan fingerprint density at radius 1 is 1.03 bits per heavy atom. The van der Waals surface area contributed by atoms with Crippen molar-refractivity contribution in [1.29, 1.82) is 0 Å². The average Bonchev–Trinajstić information content (AvgIpc) is 2.67. The summed E-state index contributed by atoms with van der Waals surface area (Å²) in [4.78, 5) is 25.3. The first-order valence-electron chi connectivity index (χ1n) is 8.88. The summed E-state index contributed by atoms with van der Waals surface area (Å²) in [6.07, 6.45) is 1.09. The zero-order chi connectivity index (χ0) is 21.6. The second kappa shape index (κ2) is 9.53. The molecule has 2 aromatic carbocycles. The number of carbonyl (C=O) groups excluding carboxylic acids is 2. The quantitative estimate of drug-likeness (QED) is 0.637. The third-order valence-electron chi connectivity index (χ3n) is 4.40. The van der Waals surface area contributed by atoms with Gasteiger partial charge < -0.3 is 15.4 Å². The Hall–Kier alpha value is -2.91. The van der Waals surface area contributed by atoms with E-state index in [1.54, 1.807) is 49.4 Å². The van der Waals surface area contributed by atoms with Crippen molar-refractivity contribution < 1.29 is 22.7 Å². The van der Waals surface area contributed by atoms with Gasteiger partial charge in [0.2, 0.25) is 10.0 Å². The number of methoxy groups -OCH3 is 1. The number of anilines is 2. The minimum Gasteiger partial charge on any atom is -0.383 e. The molecule has 0 bridgehead atoms. The molecule has 0 saturated heterocycles. The fourth-order valence-electron chi connectivity index (χ4n) is 2.73. The number of nitrogens with zero attached hydrogens (tertiary/aromatic N) is 1. The molecular weight excluding hydrogens is 394 g/mol. The van der Waals surface area contributed by atoms with Crippen molar-refractivity contribution in [3.8, 4) is 0 Å². The van der Waals surface area contributed by atoms with Gasteiger partial charge in [-0.05, 0) is 36.8 Å². The number of para-hydroxylation sites is 1. The lowest BCUT2D eigenvalue weighted by molar-refractivity contribution is 0.0938. The van der Waals surface area contributed by atoms with E-state index in [4.69, 9.17) is 4.74 Å². The summed E-state index contributed by atoms with van der Waals surface area (Å²) in [5, 5.41) is 5.46. The van der Waals surface area contributed by atoms with Gasteiger partial charge in [-0.1, -0.05) is 18.2 Å². The highest BCUT2D eigenvalue weighted by molar-refractivity contribution is 7.92. The summed E-state index contributed by atoms with van der Waals surface area (Å²) in [7, 11) is -0.501. The number of nitrogens with one attached hydrogen (secondary N) is 2. The molecule has 2 rings (SSSR count). The summed E-state index contributed by atoms with van der Waals surface area (Å²) in [5.41, 5.74) is 1.91. The van der Waals surface area contributed by atoms with Crippen LogP contribution in [0.3, 0.4) is 0 Å². The van der Waals surface area contributed by atoms with Crippen molar-refractivity contribution in [3.63, 3.8) is 0 Å². The SMILES string of the molecule is COCCNC(=O)c1ccccc1NC(=O)c1cccc(N(C)S(C)(=O)=O)c1C. The van der Waals surface area contributed by atoms with E-state index < -0.39 is 15.9 Å². The number of ether oxygens (including phenoxy) is 1. The first kappa shape index (κ1) is 22.4. The Kier molecular flexibility index (Phi) is 7.35. The maximum atomic E-state index is 12.9. The molecule has 0 radical (unpaired) electrons. The molecule has 2 amide bonds. The van der Waals surface area contributed by atoms with Gasteiger partial charge in [0.15, 0.2) is 0 Å². The van der Waals surface area contributed by atoms with Gasteiger partial charge in [-0.15, -0.1) is 0 Å². The number of hydrogen-bond donors (Lipinski definition) is 2. The van der Waals surface area contributed by atoms with Gasteiger partial charge in [0.25, 0.3) is 11.8 Å². The van der Waals surface area contributed by atoms with Gasteiger partial charge in [-0.3, -0.25) is 13.9 Å². The predicted octanol–water partition coefficient (Wildman–Crippen LogP) is 2.02. The van der Waals surface area contributed by atoms with Gasteiger partial charge in [-0.25, -0.2) is 8.42 Å². The molecule has 2 N–H and O–H groups in total. The van der Waals surface area contributed by atoms with Crippen molar-refractivity contribution in [3.05, 3.63) is 59.2 Å². The van der Waals surface area contributed by atoms with Gasteiger partial charge in [0.1, 0.15) is 0 Å². The zero-order valence-corrected chi connectivity index (χ0v) is 17.7. The molecule has 0 aliphatic rings. The largest absolute Gasteiger partial charge is 0.383 e. The number of amides is 2. The van der Waals surface area contributed by atoms with E-state index in [0.29, 0.717) is 41.2 Å². The van der Waals surface area contributed by atoms with E-state index in [1.165, 1.54) is 14.2 Å². The molecule has 0 aliphatic heterocycles. The smallest absolute Gasteiger partial charge is 0.256 e. The lowest BCUT2D eigenvalue weighted by Gasteiger charge is -2.20. The van der Waals surface area contributed by atoms with E-state index in [1.807, 2.05) is 0 Å². The Balaban J connectivity index is 2.29. The summed E-state index contributed by atoms with van der Waals surface area (Å²) >= 11 is 0. The van der Waals surface area contributed by atoms with Crippen molar-refractivity contribution in [2.45, 2.75) is 6.92 Å². The summed E-state index contributed by atoms with van der Waals surface area (Å²) < 4.78 is 29.7. The van der Waals surface area contributed by atoms with E-state index in [-0.39, 0.29) is 5.91 Å². The number of hydrogen-bond acceptors (Lipinski definition) is 5. The lowest BCUT2D eigenvalue weighted by Crippen LogP contribution is -2.28. The second-order valence-corrected chi connectivity index (χ2v) is 8.44. The molecule has 0 aromatic heterocycles. The number of benzene rings is 2. The van der Waals surface area contributed by atoms with Crippen LogP contribution in [-0.2, 0) is 14.8 Å². The third kappa shape index (κ3) is 5.55. The van der Waals surface area contributed by atoms with Crippen molar-refractivity contribution >= 4 is 33.2 Å². The Labute approximate surface area is 170 Å². The molecule has 0 heterocycles. The van der Waals surface area contributed by atoms with E-state index >= 15 is 0 Å². The molecule has 9 heteroatoms. The fraction of sp³-hybridized carbons (Fsp3) is 0.300. The van der Waals surface area contributed by atoms with Crippen LogP contribution in [0.1, 0.15) is 26.3 Å². The maximum absolute atomic E-state index is 12.9. The Morgan fingerprint density at radius 3 is 2.34 bits per heavy atom. The van der Waals surface area contributed by atoms with Crippen LogP contribution in [-0.4, -0.2) is 53.8 Å². The van der Waals surface area contributed by atoms with Crippen LogP contribution in [0.25, 0.3) is 0 Å². The van der Waals surface area contributed by atoms with Crippen LogP contribution in [0.4, 0.5) is 11.4 Å². The standard InChI is InChI=1S/C20H25N3O5S/c1-14-15(9-7-11-18(14)23(2)29(4,26)27)20(25)22-17-10-6-5-8-16(17)19(24)21-12-13-28-3/h5-11H,12-13H2,1-4H3,(H,21,24)(H,22,25). The molecule has 0 saturated carbocycles. The lowest BCUT2D eigenvalue weighted by atomic mass is 10.1. The highest BCUT2D eigenvalue weighted by Crippen LogP contribution is 2.25. The minimum atomic E-state index is -3.47. The molecule has 0 atom stereocenters. The van der Waals surface area contributed by atoms with Gasteiger partial charge in [0, 0.05) is 26.3 Å². The molecule has 0 fully saturated rings. The molecule has 0 spiro atoms. The maximum Gasteiger partial charge on any atom is 0.256 e. The van der Waals surface area contributed by atoms with Crippen LogP contribution in [0.2, 0.25) is 0 Å². The van der Waals surface area contributed by atoms with Crippen molar-refractivity contribution in [1.82, 2.24) is 5.32 Å². The monoisotopic (exact) mass is 419 g/mol. The normalized spacial score (nSPS) is 11.0. The van der Waals surface area contributed by atoms with E-state index in [9.17, 15) is 18.0 Å². The Morgan fingerprint density at radius 2 is 1.69 bits per heavy atom. The molecule has 156 valence electrons. The molecule has 0 unspecified atom stereocenters. The Bertz CT molecular complexity index is 1000. The molecular formula is C20H25N3O5S. The predicted molar refractivity (Wildman–Crippen MR) is 113 cm³/mol. The van der Waals surface area contributed by atoms with Gasteiger partial charge >= 0.3 is 0 Å². The van der Waals surface area contributed by atoms with Gasteiger partial charge in [0.05, 0.1) is 29.8 Å². The average molecular weight is 420 g/mol.